The molecule has 202 valence electrons. The first-order valence-electron chi connectivity index (χ1n) is 13.7. The molecule has 2 aromatic rings. The van der Waals surface area contributed by atoms with Gasteiger partial charge >= 0.3 is 6.09 Å². The molecule has 0 spiro atoms. The number of carbonyl (C=O) groups excluding carboxylic acids is 1. The van der Waals surface area contributed by atoms with Crippen LogP contribution in [0.3, 0.4) is 0 Å². The Balaban J connectivity index is 2.09. The third-order valence-electron chi connectivity index (χ3n) is 7.41. The van der Waals surface area contributed by atoms with Crippen molar-refractivity contribution in [3.63, 3.8) is 0 Å². The number of cyclic esters (lactones) is 1. The molecule has 3 rings (SSSR count). The topological polar surface area (TPSA) is 38.8 Å². The minimum atomic E-state index is -2.02. The van der Waals surface area contributed by atoms with Gasteiger partial charge in [-0.3, -0.25) is 4.90 Å². The molecule has 4 nitrogen and oxygen atoms in total. The van der Waals surface area contributed by atoms with E-state index >= 15 is 0 Å². The molecule has 3 atom stereocenters. The highest BCUT2D eigenvalue weighted by Gasteiger charge is 2.49. The molecule has 2 aromatic carbocycles. The molecule has 1 saturated heterocycles. The normalized spacial score (nSPS) is 18.4. The Hall–Kier alpha value is -2.08. The van der Waals surface area contributed by atoms with Crippen molar-refractivity contribution in [1.29, 1.82) is 0 Å². The van der Waals surface area contributed by atoms with Gasteiger partial charge in [-0.15, -0.1) is 0 Å². The minimum absolute atomic E-state index is 0.109. The fraction of sp³-hybridized carbons (Fsp3) is 0.516. The molecule has 0 unspecified atom stereocenters. The summed E-state index contributed by atoms with van der Waals surface area (Å²) in [5.41, 5.74) is 2.43. The summed E-state index contributed by atoms with van der Waals surface area (Å²) < 4.78 is 12.6. The Bertz CT molecular complexity index is 1040. The molecule has 37 heavy (non-hydrogen) atoms. The molecule has 1 fully saturated rings. The molecule has 0 saturated carbocycles. The first-order valence-corrected chi connectivity index (χ1v) is 17.5. The number of halogens is 1. The second-order valence-corrected chi connectivity index (χ2v) is 16.1. The number of hydrogen-bond acceptors (Lipinski definition) is 3. The van der Waals surface area contributed by atoms with E-state index in [2.05, 4.69) is 58.3 Å². The van der Waals surface area contributed by atoms with Gasteiger partial charge in [0.25, 0.3) is 0 Å². The maximum Gasteiger partial charge on any atom is 0.414 e. The highest BCUT2D eigenvalue weighted by Crippen LogP contribution is 2.53. The lowest BCUT2D eigenvalue weighted by molar-refractivity contribution is 0.0329. The van der Waals surface area contributed by atoms with Gasteiger partial charge in [0.05, 0.1) is 12.1 Å². The number of ether oxygens (including phenoxy) is 1. The average molecular weight is 542 g/mol. The minimum Gasteiger partial charge on any atom is -0.447 e. The van der Waals surface area contributed by atoms with Gasteiger partial charge in [0.2, 0.25) is 0 Å². The summed E-state index contributed by atoms with van der Waals surface area (Å²) in [5, 5.41) is 0.690. The Kier molecular flexibility index (Phi) is 10.5. The van der Waals surface area contributed by atoms with Crippen molar-refractivity contribution < 1.29 is 14.0 Å². The van der Waals surface area contributed by atoms with Crippen molar-refractivity contribution in [2.45, 2.75) is 90.6 Å². The molecular weight excluding hydrogens is 498 g/mol. The smallest absolute Gasteiger partial charge is 0.414 e. The van der Waals surface area contributed by atoms with Gasteiger partial charge in [-0.05, 0) is 56.1 Å². The third-order valence-corrected chi connectivity index (χ3v) is 8.70. The fourth-order valence-electron chi connectivity index (χ4n) is 5.44. The molecule has 0 aromatic heterocycles. The van der Waals surface area contributed by atoms with Crippen LogP contribution in [-0.4, -0.2) is 32.0 Å². The van der Waals surface area contributed by atoms with Crippen LogP contribution >= 0.6 is 11.6 Å². The molecule has 6 heteroatoms. The van der Waals surface area contributed by atoms with Crippen LogP contribution in [-0.2, 0) is 15.6 Å². The number of rotatable bonds is 14. The van der Waals surface area contributed by atoms with Crippen LogP contribution in [0.2, 0.25) is 24.7 Å². The zero-order valence-electron chi connectivity index (χ0n) is 23.3. The van der Waals surface area contributed by atoms with E-state index < -0.39 is 13.7 Å². The highest BCUT2D eigenvalue weighted by molar-refractivity contribution is 6.69. The van der Waals surface area contributed by atoms with E-state index in [9.17, 15) is 4.79 Å². The Morgan fingerprint density at radius 3 is 2.41 bits per heavy atom. The lowest BCUT2D eigenvalue weighted by atomic mass is 9.70. The van der Waals surface area contributed by atoms with Gasteiger partial charge in [-0.1, -0.05) is 106 Å². The van der Waals surface area contributed by atoms with Crippen molar-refractivity contribution in [2.75, 3.05) is 6.61 Å². The van der Waals surface area contributed by atoms with E-state index in [0.29, 0.717) is 18.1 Å². The second-order valence-electron chi connectivity index (χ2n) is 11.2. The zero-order valence-corrected chi connectivity index (χ0v) is 25.0. The summed E-state index contributed by atoms with van der Waals surface area (Å²) in [6.45, 7) is 16.0. The van der Waals surface area contributed by atoms with E-state index in [0.717, 1.165) is 43.4 Å². The summed E-state index contributed by atoms with van der Waals surface area (Å²) in [7, 11) is -2.02. The van der Waals surface area contributed by atoms with Crippen molar-refractivity contribution in [3.05, 3.63) is 83.0 Å². The zero-order chi connectivity index (χ0) is 27.1. The maximum absolute atomic E-state index is 13.3. The van der Waals surface area contributed by atoms with E-state index in [1.165, 1.54) is 12.0 Å². The van der Waals surface area contributed by atoms with Crippen molar-refractivity contribution >= 4 is 26.0 Å². The number of amides is 1. The predicted molar refractivity (Wildman–Crippen MR) is 156 cm³/mol. The number of carbonyl (C=O) groups is 1. The number of nitrogens with zero attached hydrogens (tertiary/aromatic N) is 1. The van der Waals surface area contributed by atoms with Crippen LogP contribution in [0.1, 0.15) is 69.6 Å². The van der Waals surface area contributed by atoms with Crippen molar-refractivity contribution in [1.82, 2.24) is 4.90 Å². The van der Waals surface area contributed by atoms with E-state index in [4.69, 9.17) is 20.8 Å². The molecule has 0 bridgehead atoms. The van der Waals surface area contributed by atoms with Crippen LogP contribution in [0.5, 0.6) is 0 Å². The molecule has 1 heterocycles. The van der Waals surface area contributed by atoms with Gasteiger partial charge in [-0.2, -0.15) is 0 Å². The first kappa shape index (κ1) is 29.5. The van der Waals surface area contributed by atoms with E-state index in [1.807, 2.05) is 41.3 Å². The molecule has 1 aliphatic rings. The first-order chi connectivity index (χ1) is 17.6. The molecule has 0 aliphatic carbocycles. The van der Waals surface area contributed by atoms with Crippen LogP contribution in [0.25, 0.3) is 0 Å². The van der Waals surface area contributed by atoms with E-state index in [1.54, 1.807) is 0 Å². The third kappa shape index (κ3) is 7.27. The maximum atomic E-state index is 13.3. The molecule has 0 radical (unpaired) electrons. The number of benzene rings is 2. The molecule has 0 N–H and O–H groups in total. The molecule has 1 aliphatic heterocycles. The number of hydrogen-bond donors (Lipinski definition) is 0. The summed E-state index contributed by atoms with van der Waals surface area (Å²) in [5.74, 6) is 0. The predicted octanol–water partition coefficient (Wildman–Crippen LogP) is 9.18. The van der Waals surface area contributed by atoms with Crippen molar-refractivity contribution in [2.24, 2.45) is 5.41 Å². The van der Waals surface area contributed by atoms with Gasteiger partial charge in [0.15, 0.2) is 8.32 Å². The molecular formula is C31H44ClNO3Si. The van der Waals surface area contributed by atoms with Crippen LogP contribution in [0.15, 0.2) is 66.9 Å². The Morgan fingerprint density at radius 1 is 1.11 bits per heavy atom. The molecule has 1 amide bonds. The standard InChI is InChI=1S/C31H44ClNO3Si/c1-7-9-10-16-21-31(8-2,29(36-37(4,5)6)27-19-14-15-20-28(27)32)24(3)33-26(23-35-30(33)34)22-25-17-12-11-13-18-25/h11-15,17-20,26,29H,3,7-10,16,21-23H2,1-2,4-6H3/t26-,29-,31+/m0/s1. The van der Waals surface area contributed by atoms with Crippen molar-refractivity contribution in [3.8, 4) is 0 Å². The van der Waals surface area contributed by atoms with Gasteiger partial charge in [0.1, 0.15) is 6.61 Å². The van der Waals surface area contributed by atoms with Gasteiger partial charge < -0.3 is 9.16 Å². The summed E-state index contributed by atoms with van der Waals surface area (Å²) >= 11 is 6.82. The fourth-order valence-corrected chi connectivity index (χ4v) is 6.74. The lowest BCUT2D eigenvalue weighted by Gasteiger charge is -2.47. The van der Waals surface area contributed by atoms with Crippen LogP contribution in [0.4, 0.5) is 4.79 Å². The summed E-state index contributed by atoms with van der Waals surface area (Å²) in [6, 6.07) is 18.1. The van der Waals surface area contributed by atoms with Gasteiger partial charge in [-0.25, -0.2) is 4.79 Å². The largest absolute Gasteiger partial charge is 0.447 e. The van der Waals surface area contributed by atoms with Crippen LogP contribution in [0, 0.1) is 5.41 Å². The monoisotopic (exact) mass is 541 g/mol. The quantitative estimate of drug-likeness (QED) is 0.177. The SMILES string of the molecule is C=C(N1C(=O)OC[C@@H]1Cc1ccccc1)[C@@](CC)(CCCCCC)[C@@H](O[Si](C)(C)C)c1ccccc1Cl. The summed E-state index contributed by atoms with van der Waals surface area (Å²) in [6.07, 6.45) is 6.24. The van der Waals surface area contributed by atoms with Crippen LogP contribution < -0.4 is 0 Å². The average Bonchev–Trinajstić information content (AvgIpc) is 3.23. The Labute approximate surface area is 230 Å². The van der Waals surface area contributed by atoms with E-state index in [-0.39, 0.29) is 18.2 Å². The lowest BCUT2D eigenvalue weighted by Crippen LogP contribution is -2.46. The number of unbranched alkanes of at least 4 members (excludes halogenated alkanes) is 3. The highest BCUT2D eigenvalue weighted by atomic mass is 35.5. The summed E-state index contributed by atoms with van der Waals surface area (Å²) in [4.78, 5) is 15.1. The second kappa shape index (κ2) is 13.1. The Morgan fingerprint density at radius 2 is 1.78 bits per heavy atom. The van der Waals surface area contributed by atoms with Gasteiger partial charge in [0, 0.05) is 16.1 Å².